The molecule has 1 aliphatic rings. The van der Waals surface area contributed by atoms with Crippen LogP contribution in [0.25, 0.3) is 0 Å². The Labute approximate surface area is 57.3 Å². The molecule has 0 aromatic rings. The first-order chi connectivity index (χ1) is 4.22. The number of hydrogen-bond donors (Lipinski definition) is 2. The quantitative estimate of drug-likeness (QED) is 0.271. The Hall–Kier alpha value is -0.620. The number of hydrogen-bond acceptors (Lipinski definition) is 5. The van der Waals surface area contributed by atoms with Gasteiger partial charge in [0, 0.05) is 0 Å². The molecule has 1 amide bonds. The van der Waals surface area contributed by atoms with Crippen LogP contribution in [0.2, 0.25) is 0 Å². The number of nitrogens with zero attached hydrogens (tertiary/aromatic N) is 3. The monoisotopic (exact) mass is 146 g/mol. The zero-order chi connectivity index (χ0) is 6.85. The Bertz CT molecular complexity index is 158. The minimum atomic E-state index is -0.605. The van der Waals surface area contributed by atoms with E-state index in [1.807, 2.05) is 0 Å². The van der Waals surface area contributed by atoms with E-state index in [2.05, 4.69) is 22.9 Å². The smallest absolute Gasteiger partial charge is 0.262 e. The molecule has 6 heteroatoms. The Kier molecular flexibility index (Phi) is 1.68. The normalized spacial score (nSPS) is 27.1. The Balaban J connectivity index is 2.69. The zero-order valence-corrected chi connectivity index (χ0v) is 5.45. The molecule has 0 bridgehead atoms. The predicted octanol–water partition coefficient (Wildman–Crippen LogP) is -0.632. The molecule has 0 radical (unpaired) electrons. The van der Waals surface area contributed by atoms with Gasteiger partial charge in [0.25, 0.3) is 5.91 Å². The minimum Gasteiger partial charge on any atom is -0.271 e. The van der Waals surface area contributed by atoms with Crippen molar-refractivity contribution in [3.05, 3.63) is 0 Å². The average Bonchev–Trinajstić information content (AvgIpc) is 1.83. The summed E-state index contributed by atoms with van der Waals surface area (Å²) >= 11 is 3.84. The molecule has 1 rings (SSSR count). The Morgan fingerprint density at radius 2 is 2.56 bits per heavy atom. The van der Waals surface area contributed by atoms with Crippen LogP contribution in [-0.4, -0.2) is 23.0 Å². The second-order valence-corrected chi connectivity index (χ2v) is 2.02. The zero-order valence-electron chi connectivity index (χ0n) is 4.56. The van der Waals surface area contributed by atoms with Crippen LogP contribution in [0.15, 0.2) is 10.2 Å². The number of azo groups is 1. The van der Waals surface area contributed by atoms with Gasteiger partial charge in [-0.05, 0) is 0 Å². The van der Waals surface area contributed by atoms with Gasteiger partial charge in [-0.2, -0.15) is 10.2 Å². The van der Waals surface area contributed by atoms with Crippen LogP contribution < -0.4 is 5.84 Å². The predicted molar refractivity (Wildman–Crippen MR) is 33.5 cm³/mol. The van der Waals surface area contributed by atoms with Gasteiger partial charge in [-0.25, -0.2) is 10.9 Å². The number of nitrogens with two attached hydrogens (primary N) is 1. The van der Waals surface area contributed by atoms with Crippen molar-refractivity contribution >= 4 is 18.5 Å². The summed E-state index contributed by atoms with van der Waals surface area (Å²) in [6.07, 6.45) is 0. The Morgan fingerprint density at radius 1 is 1.89 bits per heavy atom. The lowest BCUT2D eigenvalue weighted by Crippen LogP contribution is -2.45. The Morgan fingerprint density at radius 3 is 3.00 bits per heavy atom. The van der Waals surface area contributed by atoms with Crippen LogP contribution in [0.1, 0.15) is 0 Å². The summed E-state index contributed by atoms with van der Waals surface area (Å²) < 4.78 is 0. The third-order valence-electron chi connectivity index (χ3n) is 0.928. The first-order valence-electron chi connectivity index (χ1n) is 2.33. The molecule has 1 unspecified atom stereocenters. The topological polar surface area (TPSA) is 71.0 Å². The van der Waals surface area contributed by atoms with Crippen LogP contribution in [0.3, 0.4) is 0 Å². The molecule has 9 heavy (non-hydrogen) atoms. The fourth-order valence-corrected chi connectivity index (χ4v) is 0.642. The first-order valence-corrected chi connectivity index (χ1v) is 2.85. The number of carbonyl (C=O) groups excluding carboxylic acids is 1. The summed E-state index contributed by atoms with van der Waals surface area (Å²) in [5.74, 6) is 4.92. The van der Waals surface area contributed by atoms with Gasteiger partial charge in [-0.3, -0.25) is 4.79 Å². The molecule has 0 aromatic heterocycles. The van der Waals surface area contributed by atoms with Crippen LogP contribution in [0, 0.1) is 0 Å². The highest BCUT2D eigenvalue weighted by atomic mass is 32.1. The van der Waals surface area contributed by atoms with E-state index >= 15 is 0 Å². The van der Waals surface area contributed by atoms with Gasteiger partial charge in [0.2, 0.25) is 5.50 Å². The molecule has 0 aliphatic carbocycles. The van der Waals surface area contributed by atoms with Gasteiger partial charge >= 0.3 is 0 Å². The molecule has 0 saturated heterocycles. The van der Waals surface area contributed by atoms with Gasteiger partial charge in [-0.1, -0.05) is 0 Å². The third-order valence-corrected chi connectivity index (χ3v) is 1.28. The average molecular weight is 146 g/mol. The molecule has 5 nitrogen and oxygen atoms in total. The van der Waals surface area contributed by atoms with Crippen molar-refractivity contribution in [1.82, 2.24) is 5.01 Å². The summed E-state index contributed by atoms with van der Waals surface area (Å²) in [5, 5.41) is 7.94. The van der Waals surface area contributed by atoms with E-state index in [-0.39, 0.29) is 12.5 Å². The van der Waals surface area contributed by atoms with E-state index in [0.29, 0.717) is 0 Å². The second-order valence-electron chi connectivity index (χ2n) is 1.56. The van der Waals surface area contributed by atoms with Crippen molar-refractivity contribution < 1.29 is 4.79 Å². The largest absolute Gasteiger partial charge is 0.271 e. The first kappa shape index (κ1) is 6.50. The van der Waals surface area contributed by atoms with Gasteiger partial charge in [-0.15, -0.1) is 12.6 Å². The lowest BCUT2D eigenvalue weighted by molar-refractivity contribution is -0.131. The summed E-state index contributed by atoms with van der Waals surface area (Å²) in [6.45, 7) is 0.0353. The fourth-order valence-electron chi connectivity index (χ4n) is 0.440. The molecular formula is C3H6N4OS. The number of amides is 1. The summed E-state index contributed by atoms with van der Waals surface area (Å²) in [5.41, 5.74) is -0.605. The number of rotatable bonds is 0. The molecule has 0 aromatic carbocycles. The van der Waals surface area contributed by atoms with Crippen molar-refractivity contribution in [2.45, 2.75) is 5.50 Å². The van der Waals surface area contributed by atoms with Gasteiger partial charge in [0.15, 0.2) is 0 Å². The molecule has 0 fully saturated rings. The van der Waals surface area contributed by atoms with Gasteiger partial charge in [0.05, 0.1) is 0 Å². The minimum absolute atomic E-state index is 0.0353. The summed E-state index contributed by atoms with van der Waals surface area (Å²) in [6, 6.07) is 0. The molecular weight excluding hydrogens is 140 g/mol. The van der Waals surface area contributed by atoms with Crippen molar-refractivity contribution in [3.63, 3.8) is 0 Å². The van der Waals surface area contributed by atoms with Crippen molar-refractivity contribution in [2.24, 2.45) is 16.1 Å². The maximum atomic E-state index is 10.6. The van der Waals surface area contributed by atoms with Gasteiger partial charge < -0.3 is 0 Å². The second kappa shape index (κ2) is 2.32. The molecule has 50 valence electrons. The van der Waals surface area contributed by atoms with Crippen LogP contribution in [-0.2, 0) is 4.79 Å². The van der Waals surface area contributed by atoms with Crippen LogP contribution >= 0.6 is 12.6 Å². The highest BCUT2D eigenvalue weighted by molar-refractivity contribution is 7.80. The standard InChI is InChI=1S/C3H6N4OS/c4-7-2(8)1-5-6-3(7)9/h3,9H,1,4H2. The lowest BCUT2D eigenvalue weighted by atomic mass is 10.6. The highest BCUT2D eigenvalue weighted by Crippen LogP contribution is 2.06. The molecule has 0 spiro atoms. The van der Waals surface area contributed by atoms with Gasteiger partial charge in [0.1, 0.15) is 6.54 Å². The van der Waals surface area contributed by atoms with Crippen LogP contribution in [0.4, 0.5) is 0 Å². The fraction of sp³-hybridized carbons (Fsp3) is 0.667. The van der Waals surface area contributed by atoms with E-state index in [0.717, 1.165) is 5.01 Å². The van der Waals surface area contributed by atoms with E-state index in [1.54, 1.807) is 0 Å². The van der Waals surface area contributed by atoms with E-state index in [9.17, 15) is 4.79 Å². The van der Waals surface area contributed by atoms with Crippen molar-refractivity contribution in [1.29, 1.82) is 0 Å². The molecule has 1 atom stereocenters. The maximum Gasteiger partial charge on any atom is 0.262 e. The summed E-state index contributed by atoms with van der Waals surface area (Å²) in [4.78, 5) is 10.6. The van der Waals surface area contributed by atoms with Crippen molar-refractivity contribution in [2.75, 3.05) is 6.54 Å². The molecule has 0 saturated carbocycles. The van der Waals surface area contributed by atoms with E-state index < -0.39 is 5.50 Å². The number of hydrazine groups is 1. The number of carbonyl (C=O) groups is 1. The van der Waals surface area contributed by atoms with E-state index in [1.165, 1.54) is 0 Å². The molecule has 2 N–H and O–H groups in total. The summed E-state index contributed by atoms with van der Waals surface area (Å²) in [7, 11) is 0. The van der Waals surface area contributed by atoms with Crippen molar-refractivity contribution in [3.8, 4) is 0 Å². The molecule has 1 heterocycles. The lowest BCUT2D eigenvalue weighted by Gasteiger charge is -2.20. The van der Waals surface area contributed by atoms with Crippen LogP contribution in [0.5, 0.6) is 0 Å². The highest BCUT2D eigenvalue weighted by Gasteiger charge is 2.19. The number of thiol groups is 1. The SMILES string of the molecule is NN1C(=O)CN=NC1S. The maximum absolute atomic E-state index is 10.6. The third kappa shape index (κ3) is 1.19. The van der Waals surface area contributed by atoms with E-state index in [4.69, 9.17) is 5.84 Å². The molecule has 1 aliphatic heterocycles.